The van der Waals surface area contributed by atoms with Crippen molar-refractivity contribution in [2.75, 3.05) is 52.9 Å². The second-order valence-electron chi connectivity index (χ2n) is 2.60. The molecule has 0 atom stereocenters. The molecule has 12 heavy (non-hydrogen) atoms. The molecule has 0 spiro atoms. The zero-order valence-electron chi connectivity index (χ0n) is 7.88. The van der Waals surface area contributed by atoms with Crippen molar-refractivity contribution in [1.29, 1.82) is 0 Å². The minimum absolute atomic E-state index is 0.571. The van der Waals surface area contributed by atoms with Crippen LogP contribution in [0.15, 0.2) is 0 Å². The van der Waals surface area contributed by atoms with Crippen molar-refractivity contribution in [1.82, 2.24) is 4.90 Å². The van der Waals surface area contributed by atoms with E-state index in [1.165, 1.54) is 0 Å². The Labute approximate surface area is 79.6 Å². The number of ether oxygens (including phenoxy) is 2. The van der Waals surface area contributed by atoms with Gasteiger partial charge < -0.3 is 14.4 Å². The zero-order chi connectivity index (χ0) is 9.23. The minimum Gasteiger partial charge on any atom is -0.383 e. The van der Waals surface area contributed by atoms with Crippen molar-refractivity contribution in [2.24, 2.45) is 0 Å². The van der Waals surface area contributed by atoms with E-state index in [1.807, 2.05) is 7.05 Å². The Hall–Kier alpha value is 0.170. The number of likely N-dealkylation sites (N-methyl/N-ethyl adjacent to an activating group) is 1. The summed E-state index contributed by atoms with van der Waals surface area (Å²) in [4.78, 5) is 2.16. The maximum absolute atomic E-state index is 5.44. The van der Waals surface area contributed by atoms with Crippen molar-refractivity contribution in [3.63, 3.8) is 0 Å². The molecule has 0 radical (unpaired) electrons. The number of rotatable bonds is 8. The number of hydrogen-bond donors (Lipinski definition) is 0. The molecule has 3 nitrogen and oxygen atoms in total. The molecule has 0 N–H and O–H groups in total. The van der Waals surface area contributed by atoms with E-state index in [0.717, 1.165) is 26.3 Å². The third-order valence-electron chi connectivity index (χ3n) is 1.52. The van der Waals surface area contributed by atoms with Crippen LogP contribution in [0.1, 0.15) is 0 Å². The molecule has 4 heteroatoms. The molecule has 0 aliphatic rings. The molecule has 0 aliphatic carbocycles. The molecule has 0 rings (SSSR count). The Morgan fingerprint density at radius 2 is 1.83 bits per heavy atom. The lowest BCUT2D eigenvalue weighted by atomic mass is 10.5. The van der Waals surface area contributed by atoms with Crippen LogP contribution in [0.4, 0.5) is 0 Å². The van der Waals surface area contributed by atoms with Gasteiger partial charge in [0.05, 0.1) is 19.8 Å². The highest BCUT2D eigenvalue weighted by molar-refractivity contribution is 6.17. The molecule has 0 amide bonds. The van der Waals surface area contributed by atoms with Crippen LogP contribution in [0.3, 0.4) is 0 Å². The molecule has 0 unspecified atom stereocenters. The Kier molecular flexibility index (Phi) is 9.39. The molecule has 0 aromatic carbocycles. The standard InChI is InChI=1S/C8H18ClNO2/c1-10(4-7-11-2)5-8-12-6-3-9/h3-8H2,1-2H3. The quantitative estimate of drug-likeness (QED) is 0.423. The summed E-state index contributed by atoms with van der Waals surface area (Å²) < 4.78 is 10.2. The predicted octanol–water partition coefficient (Wildman–Crippen LogP) is 0.820. The number of halogens is 1. The van der Waals surface area contributed by atoms with Crippen LogP contribution in [-0.2, 0) is 9.47 Å². The average Bonchev–Trinajstić information content (AvgIpc) is 2.09. The van der Waals surface area contributed by atoms with Gasteiger partial charge in [-0.1, -0.05) is 0 Å². The first-order valence-electron chi connectivity index (χ1n) is 4.12. The average molecular weight is 196 g/mol. The smallest absolute Gasteiger partial charge is 0.0602 e. The van der Waals surface area contributed by atoms with Gasteiger partial charge in [0.25, 0.3) is 0 Å². The summed E-state index contributed by atoms with van der Waals surface area (Å²) in [5.41, 5.74) is 0. The maximum Gasteiger partial charge on any atom is 0.0602 e. The van der Waals surface area contributed by atoms with Crippen LogP contribution in [0.5, 0.6) is 0 Å². The van der Waals surface area contributed by atoms with Crippen LogP contribution < -0.4 is 0 Å². The summed E-state index contributed by atoms with van der Waals surface area (Å²) in [7, 11) is 3.75. The van der Waals surface area contributed by atoms with E-state index in [1.54, 1.807) is 7.11 Å². The second-order valence-corrected chi connectivity index (χ2v) is 2.98. The van der Waals surface area contributed by atoms with Crippen LogP contribution in [-0.4, -0.2) is 57.8 Å². The van der Waals surface area contributed by atoms with Gasteiger partial charge in [-0.3, -0.25) is 0 Å². The highest BCUT2D eigenvalue weighted by Gasteiger charge is 1.96. The van der Waals surface area contributed by atoms with Crippen LogP contribution >= 0.6 is 11.6 Å². The van der Waals surface area contributed by atoms with E-state index in [-0.39, 0.29) is 0 Å². The normalized spacial score (nSPS) is 11.0. The van der Waals surface area contributed by atoms with E-state index in [2.05, 4.69) is 4.90 Å². The van der Waals surface area contributed by atoms with Crippen molar-refractivity contribution in [3.05, 3.63) is 0 Å². The van der Waals surface area contributed by atoms with Gasteiger partial charge in [0.15, 0.2) is 0 Å². The van der Waals surface area contributed by atoms with E-state index in [4.69, 9.17) is 21.1 Å². The third kappa shape index (κ3) is 8.27. The first-order valence-corrected chi connectivity index (χ1v) is 4.66. The number of hydrogen-bond acceptors (Lipinski definition) is 3. The molecule has 0 aromatic heterocycles. The van der Waals surface area contributed by atoms with Gasteiger partial charge in [-0.2, -0.15) is 0 Å². The molecule has 0 heterocycles. The van der Waals surface area contributed by atoms with Crippen LogP contribution in [0.2, 0.25) is 0 Å². The molecular formula is C8H18ClNO2. The van der Waals surface area contributed by atoms with E-state index < -0.39 is 0 Å². The molecule has 0 aromatic rings. The Morgan fingerprint density at radius 1 is 1.17 bits per heavy atom. The topological polar surface area (TPSA) is 21.7 Å². The first-order chi connectivity index (χ1) is 5.81. The van der Waals surface area contributed by atoms with Crippen LogP contribution in [0.25, 0.3) is 0 Å². The Balaban J connectivity index is 3.02. The SMILES string of the molecule is COCCN(C)CCOCCCl. The van der Waals surface area contributed by atoms with E-state index >= 15 is 0 Å². The van der Waals surface area contributed by atoms with Crippen LogP contribution in [0, 0.1) is 0 Å². The Bertz CT molecular complexity index is 93.1. The summed E-state index contributed by atoms with van der Waals surface area (Å²) in [6.07, 6.45) is 0. The number of nitrogens with zero attached hydrogens (tertiary/aromatic N) is 1. The third-order valence-corrected chi connectivity index (χ3v) is 1.67. The van der Waals surface area contributed by atoms with E-state index in [9.17, 15) is 0 Å². The molecule has 0 saturated carbocycles. The summed E-state index contributed by atoms with van der Waals surface area (Å²) in [5.74, 6) is 0.571. The molecular weight excluding hydrogens is 178 g/mol. The lowest BCUT2D eigenvalue weighted by molar-refractivity contribution is 0.107. The van der Waals surface area contributed by atoms with Gasteiger partial charge in [-0.15, -0.1) is 11.6 Å². The lowest BCUT2D eigenvalue weighted by Crippen LogP contribution is -2.26. The van der Waals surface area contributed by atoms with Crippen molar-refractivity contribution < 1.29 is 9.47 Å². The first kappa shape index (κ1) is 12.2. The molecule has 0 saturated heterocycles. The fraction of sp³-hybridized carbons (Fsp3) is 1.00. The lowest BCUT2D eigenvalue weighted by Gasteiger charge is -2.15. The van der Waals surface area contributed by atoms with Crippen molar-refractivity contribution in [3.8, 4) is 0 Å². The summed E-state index contributed by atoms with van der Waals surface area (Å²) >= 11 is 5.44. The Morgan fingerprint density at radius 3 is 2.42 bits per heavy atom. The molecule has 0 fully saturated rings. The largest absolute Gasteiger partial charge is 0.383 e. The summed E-state index contributed by atoms with van der Waals surface area (Å²) in [5, 5.41) is 0. The van der Waals surface area contributed by atoms with Gasteiger partial charge in [-0.25, -0.2) is 0 Å². The highest BCUT2D eigenvalue weighted by Crippen LogP contribution is 1.84. The van der Waals surface area contributed by atoms with Gasteiger partial charge in [0, 0.05) is 26.1 Å². The fourth-order valence-electron chi connectivity index (χ4n) is 0.736. The number of methoxy groups -OCH3 is 1. The maximum atomic E-state index is 5.44. The number of alkyl halides is 1. The predicted molar refractivity (Wildman–Crippen MR) is 50.9 cm³/mol. The molecule has 74 valence electrons. The fourth-order valence-corrected chi connectivity index (χ4v) is 0.845. The van der Waals surface area contributed by atoms with Gasteiger partial charge in [-0.05, 0) is 7.05 Å². The molecule has 0 aliphatic heterocycles. The molecule has 0 bridgehead atoms. The van der Waals surface area contributed by atoms with Gasteiger partial charge in [0.2, 0.25) is 0 Å². The summed E-state index contributed by atoms with van der Waals surface area (Å²) in [6.45, 7) is 4.03. The monoisotopic (exact) mass is 195 g/mol. The van der Waals surface area contributed by atoms with Gasteiger partial charge >= 0.3 is 0 Å². The minimum atomic E-state index is 0.571. The summed E-state index contributed by atoms with van der Waals surface area (Å²) in [6, 6.07) is 0. The highest BCUT2D eigenvalue weighted by atomic mass is 35.5. The van der Waals surface area contributed by atoms with Crippen molar-refractivity contribution in [2.45, 2.75) is 0 Å². The van der Waals surface area contributed by atoms with E-state index in [0.29, 0.717) is 12.5 Å². The van der Waals surface area contributed by atoms with Crippen molar-refractivity contribution >= 4 is 11.6 Å². The zero-order valence-corrected chi connectivity index (χ0v) is 8.64. The second kappa shape index (κ2) is 9.26. The van der Waals surface area contributed by atoms with Gasteiger partial charge in [0.1, 0.15) is 0 Å².